The minimum Gasteiger partial charge on any atom is -0.497 e. The van der Waals surface area contributed by atoms with Crippen molar-refractivity contribution >= 4 is 11.8 Å². The summed E-state index contributed by atoms with van der Waals surface area (Å²) in [5.41, 5.74) is 0. The predicted octanol–water partition coefficient (Wildman–Crippen LogP) is 1.12. The van der Waals surface area contributed by atoms with E-state index in [9.17, 15) is 0 Å². The van der Waals surface area contributed by atoms with E-state index in [1.807, 2.05) is 24.3 Å². The molecule has 1 aromatic carbocycles. The summed E-state index contributed by atoms with van der Waals surface area (Å²) in [5, 5.41) is 11.4. The van der Waals surface area contributed by atoms with Crippen LogP contribution in [0, 0.1) is 0 Å². The second-order valence-corrected chi connectivity index (χ2v) is 5.88. The lowest BCUT2D eigenvalue weighted by atomic mass is 10.3. The molecule has 8 nitrogen and oxygen atoms in total. The number of piperazine rings is 1. The zero-order valence-electron chi connectivity index (χ0n) is 14.7. The molecule has 2 aromatic rings. The second-order valence-electron chi connectivity index (χ2n) is 5.88. The van der Waals surface area contributed by atoms with E-state index in [-0.39, 0.29) is 0 Å². The van der Waals surface area contributed by atoms with Crippen molar-refractivity contribution in [1.82, 2.24) is 20.1 Å². The van der Waals surface area contributed by atoms with Crippen LogP contribution in [0.15, 0.2) is 30.5 Å². The van der Waals surface area contributed by atoms with Crippen LogP contribution in [-0.4, -0.2) is 73.6 Å². The van der Waals surface area contributed by atoms with Gasteiger partial charge in [-0.1, -0.05) is 0 Å². The minimum atomic E-state index is 0.528. The number of aromatic nitrogens is 3. The molecule has 0 aliphatic carbocycles. The number of methoxy groups -OCH3 is 1. The highest BCUT2D eigenvalue weighted by atomic mass is 16.5. The number of ether oxygens (including phenoxy) is 2. The molecule has 0 saturated carbocycles. The predicted molar refractivity (Wildman–Crippen MR) is 96.5 cm³/mol. The molecule has 0 atom stereocenters. The molecule has 134 valence electrons. The Kier molecular flexibility index (Phi) is 5.84. The molecule has 1 aliphatic rings. The number of anilines is 2. The summed E-state index contributed by atoms with van der Waals surface area (Å²) < 4.78 is 10.8. The van der Waals surface area contributed by atoms with Gasteiger partial charge >= 0.3 is 0 Å². The van der Waals surface area contributed by atoms with Gasteiger partial charge < -0.3 is 24.6 Å². The van der Waals surface area contributed by atoms with E-state index in [0.29, 0.717) is 24.9 Å². The van der Waals surface area contributed by atoms with Crippen LogP contribution in [0.3, 0.4) is 0 Å². The van der Waals surface area contributed by atoms with E-state index in [1.165, 1.54) is 0 Å². The molecule has 0 bridgehead atoms. The number of hydrogen-bond acceptors (Lipinski definition) is 8. The summed E-state index contributed by atoms with van der Waals surface area (Å²) in [6.07, 6.45) is 1.63. The van der Waals surface area contributed by atoms with Gasteiger partial charge in [-0.2, -0.15) is 10.1 Å². The maximum atomic E-state index is 5.69. The summed E-state index contributed by atoms with van der Waals surface area (Å²) in [7, 11) is 3.77. The maximum absolute atomic E-state index is 5.69. The standard InChI is InChI=1S/C17H24N6O2/c1-22-8-10-23(11-9-22)17-20-16(13-19-21-17)18-7-12-25-15-5-3-14(24-2)4-6-15/h3-6,13H,7-12H2,1-2H3,(H,18,20,21). The fourth-order valence-corrected chi connectivity index (χ4v) is 2.54. The van der Waals surface area contributed by atoms with Gasteiger partial charge in [0.1, 0.15) is 18.1 Å². The number of benzene rings is 1. The molecular formula is C17H24N6O2. The summed E-state index contributed by atoms with van der Waals surface area (Å²) in [6, 6.07) is 7.52. The van der Waals surface area contributed by atoms with Gasteiger partial charge in [0.05, 0.1) is 19.9 Å². The smallest absolute Gasteiger partial charge is 0.247 e. The molecule has 1 aliphatic heterocycles. The van der Waals surface area contributed by atoms with Gasteiger partial charge in [0, 0.05) is 26.2 Å². The van der Waals surface area contributed by atoms with Gasteiger partial charge in [-0.3, -0.25) is 0 Å². The van der Waals surface area contributed by atoms with Gasteiger partial charge in [-0.15, -0.1) is 5.10 Å². The van der Waals surface area contributed by atoms with Crippen molar-refractivity contribution in [3.05, 3.63) is 30.5 Å². The van der Waals surface area contributed by atoms with Crippen LogP contribution < -0.4 is 19.7 Å². The van der Waals surface area contributed by atoms with Crippen molar-refractivity contribution in [2.75, 3.05) is 63.7 Å². The fraction of sp³-hybridized carbons (Fsp3) is 0.471. The number of nitrogens with one attached hydrogen (secondary N) is 1. The van der Waals surface area contributed by atoms with Crippen LogP contribution >= 0.6 is 0 Å². The first-order valence-electron chi connectivity index (χ1n) is 8.38. The third-order valence-electron chi connectivity index (χ3n) is 4.07. The normalized spacial score (nSPS) is 15.0. The van der Waals surface area contributed by atoms with E-state index in [2.05, 4.69) is 37.3 Å². The molecule has 1 saturated heterocycles. The largest absolute Gasteiger partial charge is 0.497 e. The van der Waals surface area contributed by atoms with Crippen molar-refractivity contribution in [1.29, 1.82) is 0 Å². The molecular weight excluding hydrogens is 320 g/mol. The molecule has 1 N–H and O–H groups in total. The van der Waals surface area contributed by atoms with Gasteiger partial charge in [-0.25, -0.2) is 0 Å². The summed E-state index contributed by atoms with van der Waals surface area (Å²) in [6.45, 7) is 5.02. The molecule has 0 unspecified atom stereocenters. The molecule has 1 fully saturated rings. The van der Waals surface area contributed by atoms with E-state index in [1.54, 1.807) is 13.3 Å². The lowest BCUT2D eigenvalue weighted by molar-refractivity contribution is 0.311. The molecule has 25 heavy (non-hydrogen) atoms. The molecule has 2 heterocycles. The second kappa shape index (κ2) is 8.48. The Morgan fingerprint density at radius 3 is 2.52 bits per heavy atom. The first-order chi connectivity index (χ1) is 12.2. The highest BCUT2D eigenvalue weighted by Crippen LogP contribution is 2.17. The van der Waals surface area contributed by atoms with Gasteiger partial charge in [0.25, 0.3) is 0 Å². The summed E-state index contributed by atoms with van der Waals surface area (Å²) in [5.74, 6) is 3.01. The minimum absolute atomic E-state index is 0.528. The molecule has 8 heteroatoms. The lowest BCUT2D eigenvalue weighted by Crippen LogP contribution is -2.45. The highest BCUT2D eigenvalue weighted by molar-refractivity contribution is 5.39. The van der Waals surface area contributed by atoms with Crippen molar-refractivity contribution in [3.63, 3.8) is 0 Å². The Labute approximate surface area is 147 Å². The van der Waals surface area contributed by atoms with Crippen LogP contribution in [0.1, 0.15) is 0 Å². The van der Waals surface area contributed by atoms with E-state index in [4.69, 9.17) is 9.47 Å². The Morgan fingerprint density at radius 1 is 1.08 bits per heavy atom. The monoisotopic (exact) mass is 344 g/mol. The Morgan fingerprint density at radius 2 is 1.80 bits per heavy atom. The summed E-state index contributed by atoms with van der Waals surface area (Å²) in [4.78, 5) is 8.99. The van der Waals surface area contributed by atoms with Gasteiger partial charge in [0.15, 0.2) is 5.82 Å². The molecule has 3 rings (SSSR count). The average Bonchev–Trinajstić information content (AvgIpc) is 2.66. The van der Waals surface area contributed by atoms with Crippen molar-refractivity contribution in [3.8, 4) is 11.5 Å². The van der Waals surface area contributed by atoms with E-state index in [0.717, 1.165) is 37.7 Å². The Hall–Kier alpha value is -2.61. The first-order valence-corrected chi connectivity index (χ1v) is 8.38. The third kappa shape index (κ3) is 4.93. The molecule has 0 spiro atoms. The molecule has 1 aromatic heterocycles. The molecule has 0 amide bonds. The SMILES string of the molecule is COc1ccc(OCCNc2cnnc(N3CCN(C)CC3)n2)cc1. The third-order valence-corrected chi connectivity index (χ3v) is 4.07. The number of nitrogens with zero attached hydrogens (tertiary/aromatic N) is 5. The van der Waals surface area contributed by atoms with Crippen molar-refractivity contribution < 1.29 is 9.47 Å². The Balaban J connectivity index is 1.45. The van der Waals surface area contributed by atoms with E-state index >= 15 is 0 Å². The zero-order valence-corrected chi connectivity index (χ0v) is 14.7. The van der Waals surface area contributed by atoms with Gasteiger partial charge in [-0.05, 0) is 31.3 Å². The van der Waals surface area contributed by atoms with E-state index < -0.39 is 0 Å². The van der Waals surface area contributed by atoms with Crippen LogP contribution in [0.2, 0.25) is 0 Å². The Bertz CT molecular complexity index is 658. The number of rotatable bonds is 7. The fourth-order valence-electron chi connectivity index (χ4n) is 2.54. The average molecular weight is 344 g/mol. The highest BCUT2D eigenvalue weighted by Gasteiger charge is 2.17. The quantitative estimate of drug-likeness (QED) is 0.749. The van der Waals surface area contributed by atoms with Crippen molar-refractivity contribution in [2.24, 2.45) is 0 Å². The maximum Gasteiger partial charge on any atom is 0.247 e. The summed E-state index contributed by atoms with van der Waals surface area (Å²) >= 11 is 0. The topological polar surface area (TPSA) is 75.6 Å². The lowest BCUT2D eigenvalue weighted by Gasteiger charge is -2.32. The van der Waals surface area contributed by atoms with Gasteiger partial charge in [0.2, 0.25) is 5.95 Å². The van der Waals surface area contributed by atoms with Crippen LogP contribution in [0.4, 0.5) is 11.8 Å². The van der Waals surface area contributed by atoms with Crippen LogP contribution in [-0.2, 0) is 0 Å². The van der Waals surface area contributed by atoms with Crippen LogP contribution in [0.5, 0.6) is 11.5 Å². The first kappa shape index (κ1) is 17.2. The number of likely N-dealkylation sites (N-methyl/N-ethyl adjacent to an activating group) is 1. The molecule has 0 radical (unpaired) electrons. The zero-order chi connectivity index (χ0) is 17.5. The van der Waals surface area contributed by atoms with Crippen LogP contribution in [0.25, 0.3) is 0 Å². The van der Waals surface area contributed by atoms with Crippen molar-refractivity contribution in [2.45, 2.75) is 0 Å². The number of hydrogen-bond donors (Lipinski definition) is 1.